The van der Waals surface area contributed by atoms with Crippen LogP contribution in [0.15, 0.2) is 53.1 Å². The van der Waals surface area contributed by atoms with E-state index in [0.29, 0.717) is 16.3 Å². The van der Waals surface area contributed by atoms with Crippen molar-refractivity contribution >= 4 is 28.5 Å². The molecule has 3 aromatic rings. The fourth-order valence-electron chi connectivity index (χ4n) is 2.12. The number of carbonyl (C=O) groups is 1. The van der Waals surface area contributed by atoms with Gasteiger partial charge in [0, 0.05) is 10.9 Å². The summed E-state index contributed by atoms with van der Waals surface area (Å²) in [5.41, 5.74) is 2.04. The number of hydrogen-bond acceptors (Lipinski definition) is 3. The Morgan fingerprint density at radius 2 is 1.96 bits per heavy atom. The molecular formula is C18H13ClN2O2. The van der Waals surface area contributed by atoms with Crippen LogP contribution < -0.4 is 5.32 Å². The van der Waals surface area contributed by atoms with E-state index in [1.54, 1.807) is 6.07 Å². The lowest BCUT2D eigenvalue weighted by atomic mass is 10.1. The molecule has 0 fully saturated rings. The first-order chi connectivity index (χ1) is 11.2. The van der Waals surface area contributed by atoms with Crippen molar-refractivity contribution in [2.75, 3.05) is 6.54 Å². The number of aromatic nitrogens is 1. The normalized spacial score (nSPS) is 10.1. The lowest BCUT2D eigenvalue weighted by Gasteiger charge is -1.99. The zero-order chi connectivity index (χ0) is 16.1. The highest BCUT2D eigenvalue weighted by atomic mass is 35.5. The Morgan fingerprint density at radius 3 is 2.83 bits per heavy atom. The molecule has 3 rings (SSSR count). The molecule has 0 aliphatic carbocycles. The maximum Gasteiger partial charge on any atom is 0.226 e. The zero-order valence-electron chi connectivity index (χ0n) is 12.2. The third-order valence-corrected chi connectivity index (χ3v) is 3.58. The van der Waals surface area contributed by atoms with Crippen molar-refractivity contribution in [1.29, 1.82) is 0 Å². The largest absolute Gasteiger partial charge is 0.356 e. The number of hydrogen-bond donors (Lipinski definition) is 1. The summed E-state index contributed by atoms with van der Waals surface area (Å²) >= 11 is 6.01. The van der Waals surface area contributed by atoms with Gasteiger partial charge in [-0.05, 0) is 24.3 Å². The lowest BCUT2D eigenvalue weighted by Crippen LogP contribution is -2.25. The third-order valence-electron chi connectivity index (χ3n) is 3.25. The van der Waals surface area contributed by atoms with Crippen molar-refractivity contribution < 1.29 is 9.32 Å². The van der Waals surface area contributed by atoms with Crippen molar-refractivity contribution in [2.45, 2.75) is 6.42 Å². The molecule has 0 radical (unpaired) electrons. The van der Waals surface area contributed by atoms with Crippen LogP contribution in [0.2, 0.25) is 5.02 Å². The summed E-state index contributed by atoms with van der Waals surface area (Å²) < 4.78 is 5.17. The second-order valence-electron chi connectivity index (χ2n) is 4.86. The fraction of sp³-hybridized carbons (Fsp3) is 0.111. The minimum absolute atomic E-state index is 0.155. The molecule has 1 N–H and O–H groups in total. The van der Waals surface area contributed by atoms with Gasteiger partial charge in [0.15, 0.2) is 5.58 Å². The summed E-state index contributed by atoms with van der Waals surface area (Å²) in [4.78, 5) is 11.9. The molecule has 0 bridgehead atoms. The molecule has 4 nitrogen and oxygen atoms in total. The first-order valence-corrected chi connectivity index (χ1v) is 7.45. The SMILES string of the molecule is O=C(Cc1noc2ccccc12)NCC#Cc1ccccc1Cl. The quantitative estimate of drug-likeness (QED) is 0.753. The smallest absolute Gasteiger partial charge is 0.226 e. The van der Waals surface area contributed by atoms with Gasteiger partial charge in [-0.2, -0.15) is 0 Å². The van der Waals surface area contributed by atoms with Crippen LogP contribution in [0.5, 0.6) is 0 Å². The fourth-order valence-corrected chi connectivity index (χ4v) is 2.31. The van der Waals surface area contributed by atoms with Crippen LogP contribution in [-0.2, 0) is 11.2 Å². The molecule has 0 atom stereocenters. The van der Waals surface area contributed by atoms with Gasteiger partial charge in [0.1, 0.15) is 5.69 Å². The summed E-state index contributed by atoms with van der Waals surface area (Å²) in [6.07, 6.45) is 0.158. The van der Waals surface area contributed by atoms with E-state index in [2.05, 4.69) is 22.3 Å². The number of nitrogens with one attached hydrogen (secondary N) is 1. The second kappa shape index (κ2) is 6.99. The van der Waals surface area contributed by atoms with E-state index in [9.17, 15) is 4.79 Å². The molecule has 23 heavy (non-hydrogen) atoms. The molecule has 5 heteroatoms. The van der Waals surface area contributed by atoms with Gasteiger partial charge in [-0.15, -0.1) is 0 Å². The Kier molecular flexibility index (Phi) is 4.60. The highest BCUT2D eigenvalue weighted by Crippen LogP contribution is 2.17. The van der Waals surface area contributed by atoms with Gasteiger partial charge in [0.25, 0.3) is 0 Å². The molecule has 1 heterocycles. The highest BCUT2D eigenvalue weighted by molar-refractivity contribution is 6.31. The molecule has 114 valence electrons. The van der Waals surface area contributed by atoms with Gasteiger partial charge in [0.05, 0.1) is 18.0 Å². The summed E-state index contributed by atoms with van der Waals surface area (Å²) in [6.45, 7) is 0.250. The van der Waals surface area contributed by atoms with Crippen molar-refractivity contribution in [3.8, 4) is 11.8 Å². The molecule has 0 spiro atoms. The van der Waals surface area contributed by atoms with E-state index < -0.39 is 0 Å². The maximum atomic E-state index is 11.9. The predicted molar refractivity (Wildman–Crippen MR) is 89.1 cm³/mol. The van der Waals surface area contributed by atoms with Gasteiger partial charge in [-0.1, -0.05) is 52.9 Å². The summed E-state index contributed by atoms with van der Waals surface area (Å²) in [6, 6.07) is 14.8. The Labute approximate surface area is 138 Å². The van der Waals surface area contributed by atoms with Crippen molar-refractivity contribution in [2.24, 2.45) is 0 Å². The van der Waals surface area contributed by atoms with E-state index >= 15 is 0 Å². The van der Waals surface area contributed by atoms with Gasteiger partial charge in [-0.25, -0.2) is 0 Å². The average molecular weight is 325 g/mol. The topological polar surface area (TPSA) is 55.1 Å². The lowest BCUT2D eigenvalue weighted by molar-refractivity contribution is -0.120. The van der Waals surface area contributed by atoms with Crippen LogP contribution in [0.3, 0.4) is 0 Å². The van der Waals surface area contributed by atoms with Crippen LogP contribution in [-0.4, -0.2) is 17.6 Å². The number of nitrogens with zero attached hydrogens (tertiary/aromatic N) is 1. The minimum Gasteiger partial charge on any atom is -0.356 e. The van der Waals surface area contributed by atoms with E-state index in [1.807, 2.05) is 42.5 Å². The number of carbonyl (C=O) groups excluding carboxylic acids is 1. The maximum absolute atomic E-state index is 11.9. The second-order valence-corrected chi connectivity index (χ2v) is 5.27. The Bertz CT molecular complexity index is 906. The van der Waals surface area contributed by atoms with E-state index in [4.69, 9.17) is 16.1 Å². The van der Waals surface area contributed by atoms with Gasteiger partial charge in [-0.3, -0.25) is 4.79 Å². The number of amides is 1. The van der Waals surface area contributed by atoms with Crippen LogP contribution in [0.25, 0.3) is 11.0 Å². The van der Waals surface area contributed by atoms with E-state index in [-0.39, 0.29) is 18.9 Å². The number of rotatable bonds is 3. The van der Waals surface area contributed by atoms with E-state index in [0.717, 1.165) is 10.9 Å². The first-order valence-electron chi connectivity index (χ1n) is 7.07. The van der Waals surface area contributed by atoms with Gasteiger partial charge >= 0.3 is 0 Å². The Balaban J connectivity index is 1.58. The predicted octanol–water partition coefficient (Wildman–Crippen LogP) is 3.19. The summed E-state index contributed by atoms with van der Waals surface area (Å²) in [7, 11) is 0. The molecule has 2 aromatic carbocycles. The highest BCUT2D eigenvalue weighted by Gasteiger charge is 2.11. The number of fused-ring (bicyclic) bond motifs is 1. The molecule has 0 saturated carbocycles. The number of para-hydroxylation sites is 1. The van der Waals surface area contributed by atoms with Crippen LogP contribution in [0.1, 0.15) is 11.3 Å². The molecule has 0 aliphatic heterocycles. The summed E-state index contributed by atoms with van der Waals surface area (Å²) in [5, 5.41) is 8.12. The minimum atomic E-state index is -0.155. The van der Waals surface area contributed by atoms with Crippen LogP contribution in [0, 0.1) is 11.8 Å². The summed E-state index contributed by atoms with van der Waals surface area (Å²) in [5.74, 6) is 5.65. The molecule has 1 aromatic heterocycles. The first kappa shape index (κ1) is 15.1. The molecule has 0 saturated heterocycles. The van der Waals surface area contributed by atoms with Crippen molar-refractivity contribution in [3.05, 3.63) is 64.8 Å². The van der Waals surface area contributed by atoms with Crippen molar-refractivity contribution in [3.63, 3.8) is 0 Å². The van der Waals surface area contributed by atoms with Gasteiger partial charge < -0.3 is 9.84 Å². The van der Waals surface area contributed by atoms with Crippen LogP contribution >= 0.6 is 11.6 Å². The Hall–Kier alpha value is -2.77. The number of benzene rings is 2. The van der Waals surface area contributed by atoms with E-state index in [1.165, 1.54) is 0 Å². The Morgan fingerprint density at radius 1 is 1.17 bits per heavy atom. The molecule has 0 unspecified atom stereocenters. The standard InChI is InChI=1S/C18H13ClN2O2/c19-15-9-3-1-6-13(15)7-5-11-20-18(22)12-16-14-8-2-4-10-17(14)23-21-16/h1-4,6,8-10H,11-12H2,(H,20,22). The zero-order valence-corrected chi connectivity index (χ0v) is 12.9. The molecular weight excluding hydrogens is 312 g/mol. The monoisotopic (exact) mass is 324 g/mol. The molecule has 1 amide bonds. The average Bonchev–Trinajstić information content (AvgIpc) is 2.96. The van der Waals surface area contributed by atoms with Crippen molar-refractivity contribution in [1.82, 2.24) is 10.5 Å². The molecule has 0 aliphatic rings. The number of halogens is 1. The van der Waals surface area contributed by atoms with Crippen LogP contribution in [0.4, 0.5) is 0 Å². The van der Waals surface area contributed by atoms with Gasteiger partial charge in [0.2, 0.25) is 5.91 Å². The third kappa shape index (κ3) is 3.71.